The first-order valence-corrected chi connectivity index (χ1v) is 5.34. The topological polar surface area (TPSA) is 29.5 Å². The van der Waals surface area contributed by atoms with Gasteiger partial charge in [-0.05, 0) is 31.0 Å². The number of ether oxygens (including phenoxy) is 1. The minimum atomic E-state index is 0.208. The molecule has 1 rings (SSSR count). The Labute approximate surface area is 86.7 Å². The zero-order chi connectivity index (χ0) is 9.68. The molecular formula is C10H13BrO2. The van der Waals surface area contributed by atoms with Crippen molar-refractivity contribution in [2.24, 2.45) is 0 Å². The van der Waals surface area contributed by atoms with Crippen molar-refractivity contribution >= 4 is 15.9 Å². The number of aromatic hydroxyl groups is 1. The molecule has 0 spiro atoms. The van der Waals surface area contributed by atoms with E-state index >= 15 is 0 Å². The molecule has 0 aliphatic heterocycles. The first-order chi connectivity index (χ1) is 6.24. The monoisotopic (exact) mass is 244 g/mol. The van der Waals surface area contributed by atoms with Crippen molar-refractivity contribution in [1.29, 1.82) is 0 Å². The third-order valence-electron chi connectivity index (χ3n) is 1.65. The molecule has 0 amide bonds. The molecule has 0 saturated carbocycles. The van der Waals surface area contributed by atoms with E-state index in [0.29, 0.717) is 12.4 Å². The molecule has 3 heteroatoms. The fourth-order valence-electron chi connectivity index (χ4n) is 0.974. The second-order valence-corrected chi connectivity index (χ2v) is 3.66. The number of halogens is 1. The first kappa shape index (κ1) is 10.4. The van der Waals surface area contributed by atoms with Crippen molar-refractivity contribution in [1.82, 2.24) is 0 Å². The molecule has 0 bridgehead atoms. The molecule has 0 unspecified atom stereocenters. The van der Waals surface area contributed by atoms with Crippen molar-refractivity contribution in [2.75, 3.05) is 11.9 Å². The van der Waals surface area contributed by atoms with Crippen LogP contribution in [0.3, 0.4) is 0 Å². The average molecular weight is 245 g/mol. The molecule has 0 saturated heterocycles. The van der Waals surface area contributed by atoms with Crippen LogP contribution in [-0.4, -0.2) is 17.0 Å². The summed E-state index contributed by atoms with van der Waals surface area (Å²) in [5, 5.41) is 10.3. The van der Waals surface area contributed by atoms with Crippen molar-refractivity contribution in [2.45, 2.75) is 13.3 Å². The van der Waals surface area contributed by atoms with Gasteiger partial charge in [0.25, 0.3) is 0 Å². The highest BCUT2D eigenvalue weighted by molar-refractivity contribution is 9.09. The van der Waals surface area contributed by atoms with E-state index in [0.717, 1.165) is 17.3 Å². The van der Waals surface area contributed by atoms with E-state index in [1.165, 1.54) is 0 Å². The lowest BCUT2D eigenvalue weighted by Crippen LogP contribution is -1.97. The Morgan fingerprint density at radius 2 is 2.23 bits per heavy atom. The molecule has 0 aliphatic carbocycles. The van der Waals surface area contributed by atoms with E-state index < -0.39 is 0 Å². The molecule has 2 nitrogen and oxygen atoms in total. The van der Waals surface area contributed by atoms with Gasteiger partial charge in [-0.15, -0.1) is 0 Å². The number of phenols is 1. The highest BCUT2D eigenvalue weighted by Crippen LogP contribution is 2.26. The smallest absolute Gasteiger partial charge is 0.161 e. The van der Waals surface area contributed by atoms with Crippen LogP contribution < -0.4 is 4.74 Å². The standard InChI is InChI=1S/C10H13BrO2/c1-8-3-4-9(12)10(7-8)13-6-2-5-11/h3-4,7,12H,2,5-6H2,1H3. The molecule has 0 aromatic heterocycles. The lowest BCUT2D eigenvalue weighted by atomic mass is 10.2. The van der Waals surface area contributed by atoms with E-state index in [1.54, 1.807) is 6.07 Å². The molecule has 0 fully saturated rings. The molecule has 1 aromatic carbocycles. The minimum Gasteiger partial charge on any atom is -0.504 e. The largest absolute Gasteiger partial charge is 0.504 e. The number of benzene rings is 1. The van der Waals surface area contributed by atoms with Gasteiger partial charge in [-0.3, -0.25) is 0 Å². The minimum absolute atomic E-state index is 0.208. The summed E-state index contributed by atoms with van der Waals surface area (Å²) in [6.45, 7) is 2.60. The Morgan fingerprint density at radius 1 is 1.46 bits per heavy atom. The second-order valence-electron chi connectivity index (χ2n) is 2.86. The molecule has 0 aliphatic rings. The molecule has 72 valence electrons. The number of rotatable bonds is 4. The van der Waals surface area contributed by atoms with E-state index in [2.05, 4.69) is 15.9 Å². The third-order valence-corrected chi connectivity index (χ3v) is 2.21. The van der Waals surface area contributed by atoms with Gasteiger partial charge < -0.3 is 9.84 Å². The van der Waals surface area contributed by atoms with Crippen LogP contribution in [0, 0.1) is 6.92 Å². The van der Waals surface area contributed by atoms with Crippen LogP contribution in [-0.2, 0) is 0 Å². The number of hydrogen-bond donors (Lipinski definition) is 1. The maximum absolute atomic E-state index is 9.40. The number of alkyl halides is 1. The normalized spacial score (nSPS) is 10.0. The van der Waals surface area contributed by atoms with Crippen LogP contribution in [0.5, 0.6) is 11.5 Å². The fourth-order valence-corrected chi connectivity index (χ4v) is 1.20. The van der Waals surface area contributed by atoms with Gasteiger partial charge in [-0.25, -0.2) is 0 Å². The predicted octanol–water partition coefficient (Wildman–Crippen LogP) is 2.86. The van der Waals surface area contributed by atoms with E-state index in [-0.39, 0.29) is 5.75 Å². The summed E-state index contributed by atoms with van der Waals surface area (Å²) < 4.78 is 5.38. The lowest BCUT2D eigenvalue weighted by Gasteiger charge is -2.07. The van der Waals surface area contributed by atoms with Crippen LogP contribution in [0.4, 0.5) is 0 Å². The lowest BCUT2D eigenvalue weighted by molar-refractivity contribution is 0.300. The third kappa shape index (κ3) is 3.27. The van der Waals surface area contributed by atoms with Gasteiger partial charge in [0.2, 0.25) is 0 Å². The number of aryl methyl sites for hydroxylation is 1. The van der Waals surface area contributed by atoms with Gasteiger partial charge in [0.05, 0.1) is 6.61 Å². The van der Waals surface area contributed by atoms with Gasteiger partial charge in [0.1, 0.15) is 0 Å². The molecule has 0 atom stereocenters. The quantitative estimate of drug-likeness (QED) is 0.652. The highest BCUT2D eigenvalue weighted by atomic mass is 79.9. The van der Waals surface area contributed by atoms with Gasteiger partial charge in [-0.2, -0.15) is 0 Å². The fraction of sp³-hybridized carbons (Fsp3) is 0.400. The average Bonchev–Trinajstić information content (AvgIpc) is 2.11. The van der Waals surface area contributed by atoms with E-state index in [9.17, 15) is 5.11 Å². The molecule has 0 radical (unpaired) electrons. The Kier molecular flexibility index (Phi) is 4.09. The van der Waals surface area contributed by atoms with Gasteiger partial charge >= 0.3 is 0 Å². The predicted molar refractivity (Wildman–Crippen MR) is 56.7 cm³/mol. The highest BCUT2D eigenvalue weighted by Gasteiger charge is 2.01. The van der Waals surface area contributed by atoms with Gasteiger partial charge in [0.15, 0.2) is 11.5 Å². The van der Waals surface area contributed by atoms with Crippen LogP contribution in [0.1, 0.15) is 12.0 Å². The Morgan fingerprint density at radius 3 is 2.92 bits per heavy atom. The van der Waals surface area contributed by atoms with Crippen molar-refractivity contribution in [3.8, 4) is 11.5 Å². The number of phenolic OH excluding ortho intramolecular Hbond substituents is 1. The van der Waals surface area contributed by atoms with Crippen LogP contribution >= 0.6 is 15.9 Å². The molecule has 1 N–H and O–H groups in total. The number of hydrogen-bond acceptors (Lipinski definition) is 2. The van der Waals surface area contributed by atoms with Gasteiger partial charge in [0, 0.05) is 5.33 Å². The Balaban J connectivity index is 2.59. The molecule has 13 heavy (non-hydrogen) atoms. The maximum Gasteiger partial charge on any atom is 0.161 e. The second kappa shape index (κ2) is 5.12. The van der Waals surface area contributed by atoms with E-state index in [1.807, 2.05) is 19.1 Å². The molecule has 0 heterocycles. The van der Waals surface area contributed by atoms with Crippen molar-refractivity contribution < 1.29 is 9.84 Å². The molecular weight excluding hydrogens is 232 g/mol. The van der Waals surface area contributed by atoms with Crippen molar-refractivity contribution in [3.05, 3.63) is 23.8 Å². The summed E-state index contributed by atoms with van der Waals surface area (Å²) in [5.74, 6) is 0.779. The summed E-state index contributed by atoms with van der Waals surface area (Å²) in [6, 6.07) is 5.34. The van der Waals surface area contributed by atoms with Crippen LogP contribution in [0.2, 0.25) is 0 Å². The van der Waals surface area contributed by atoms with E-state index in [4.69, 9.17) is 4.74 Å². The van der Waals surface area contributed by atoms with Crippen LogP contribution in [0.15, 0.2) is 18.2 Å². The Bertz CT molecular complexity index is 274. The van der Waals surface area contributed by atoms with Crippen molar-refractivity contribution in [3.63, 3.8) is 0 Å². The summed E-state index contributed by atoms with van der Waals surface area (Å²) in [6.07, 6.45) is 0.938. The van der Waals surface area contributed by atoms with Gasteiger partial charge in [-0.1, -0.05) is 22.0 Å². The SMILES string of the molecule is Cc1ccc(O)c(OCCCBr)c1. The summed E-state index contributed by atoms with van der Waals surface area (Å²) in [7, 11) is 0. The zero-order valence-electron chi connectivity index (χ0n) is 7.59. The maximum atomic E-state index is 9.40. The zero-order valence-corrected chi connectivity index (χ0v) is 9.17. The Hall–Kier alpha value is -0.700. The summed E-state index contributed by atoms with van der Waals surface area (Å²) in [4.78, 5) is 0. The molecule has 1 aromatic rings. The van der Waals surface area contributed by atoms with Crippen LogP contribution in [0.25, 0.3) is 0 Å². The first-order valence-electron chi connectivity index (χ1n) is 4.22. The summed E-state index contributed by atoms with van der Waals surface area (Å²) >= 11 is 3.31. The summed E-state index contributed by atoms with van der Waals surface area (Å²) in [5.41, 5.74) is 1.09.